The second kappa shape index (κ2) is 22.6. The van der Waals surface area contributed by atoms with Gasteiger partial charge in [0, 0.05) is 38.5 Å². The number of halogens is 30. The van der Waals surface area contributed by atoms with Crippen LogP contribution in [0, 0.1) is 0 Å². The van der Waals surface area contributed by atoms with Crippen LogP contribution < -0.4 is 0 Å². The predicted octanol–water partition coefficient (Wildman–Crippen LogP) is 18.0. The molecule has 0 aromatic carbocycles. The molecular weight excluding hydrogens is 1450 g/mol. The van der Waals surface area contributed by atoms with Crippen LogP contribution in [-0.2, 0) is 27.1 Å². The third-order valence-electron chi connectivity index (χ3n) is 7.22. The summed E-state index contributed by atoms with van der Waals surface area (Å²) in [6.45, 7) is -12.7. The molecule has 0 saturated heterocycles. The van der Waals surface area contributed by atoms with Crippen LogP contribution in [0.4, 0.5) is 105 Å². The zero-order chi connectivity index (χ0) is 52.3. The van der Waals surface area contributed by atoms with Gasteiger partial charge in [0.25, 0.3) is 0 Å². The quantitative estimate of drug-likeness (QED) is 0.0404. The van der Waals surface area contributed by atoms with Crippen molar-refractivity contribution in [2.24, 2.45) is 13.5 Å². The Balaban J connectivity index is 4.58. The molecule has 1 aliphatic heterocycles. The minimum Gasteiger partial charge on any atom is -0.306 e. The molecule has 0 aromatic rings. The topological polar surface area (TPSA) is 92.5 Å². The second-order valence-corrected chi connectivity index (χ2v) is 25.1. The summed E-state index contributed by atoms with van der Waals surface area (Å²) in [5.74, 6) is -32.0. The van der Waals surface area contributed by atoms with Crippen LogP contribution in [0.25, 0.3) is 0 Å². The number of nitrogens with zero attached hydrogens (tertiary/aromatic N) is 3. The van der Waals surface area contributed by atoms with Gasteiger partial charge in [0.15, 0.2) is 0 Å². The van der Waals surface area contributed by atoms with Gasteiger partial charge in [0.2, 0.25) is 0 Å². The van der Waals surface area contributed by atoms with Crippen LogP contribution in [0.15, 0.2) is 13.5 Å². The van der Waals surface area contributed by atoms with Crippen molar-refractivity contribution in [3.05, 3.63) is 0 Å². The molecule has 42 heteroatoms. The van der Waals surface area contributed by atoms with E-state index >= 15 is 0 Å². The van der Waals surface area contributed by atoms with E-state index in [1.165, 1.54) is 95.6 Å². The van der Waals surface area contributed by atoms with Crippen molar-refractivity contribution in [1.82, 2.24) is 0 Å². The summed E-state index contributed by atoms with van der Waals surface area (Å²) in [5, 5.41) is 0. The maximum atomic E-state index is 14.3. The lowest BCUT2D eigenvalue weighted by Gasteiger charge is -2.35. The Bertz CT molecular complexity index is 1470. The van der Waals surface area contributed by atoms with Crippen molar-refractivity contribution in [2.45, 2.75) is 103 Å². The molecule has 0 aliphatic carbocycles. The van der Waals surface area contributed by atoms with E-state index in [-0.39, 0.29) is 0 Å². The summed E-state index contributed by atoms with van der Waals surface area (Å²) >= 11 is 7.61. The third kappa shape index (κ3) is 18.5. The zero-order valence-electron chi connectivity index (χ0n) is 31.0. The predicted molar refractivity (Wildman–Crippen MR) is 204 cm³/mol. The minimum absolute atomic E-state index is 1.27. The van der Waals surface area contributed by atoms with Gasteiger partial charge in [-0.2, -0.15) is 105 Å². The third-order valence-corrected chi connectivity index (χ3v) is 19.2. The molecule has 0 radical (unpaired) electrons. The average molecular weight is 1480 g/mol. The van der Waals surface area contributed by atoms with E-state index < -0.39 is 166 Å². The highest BCUT2D eigenvalue weighted by Crippen LogP contribution is 2.81. The van der Waals surface area contributed by atoms with E-state index in [1.54, 1.807) is 0 Å². The van der Waals surface area contributed by atoms with Gasteiger partial charge in [0.05, 0.1) is 39.6 Å². The Morgan fingerprint density at radius 2 is 0.348 bits per heavy atom. The van der Waals surface area contributed by atoms with Gasteiger partial charge < -0.3 is 27.1 Å². The lowest BCUT2D eigenvalue weighted by molar-refractivity contribution is -0.156. The fourth-order valence-corrected chi connectivity index (χ4v) is 14.2. The maximum absolute atomic E-state index is 14.3. The fraction of sp³-hybridized carbons (Fsp3) is 1.00. The van der Waals surface area contributed by atoms with Crippen LogP contribution in [0.2, 0.25) is 0 Å². The average Bonchev–Trinajstić information content (AvgIpc) is 3.04. The summed E-state index contributed by atoms with van der Waals surface area (Å²) in [4.78, 5) is -31.3. The van der Waals surface area contributed by atoms with Crippen molar-refractivity contribution in [2.75, 3.05) is 39.6 Å². The molecule has 0 saturated carbocycles. The van der Waals surface area contributed by atoms with Gasteiger partial charge in [-0.3, -0.25) is 0 Å². The minimum atomic E-state index is -6.18. The summed E-state index contributed by atoms with van der Waals surface area (Å²) < 4.78 is 375. The number of rotatable bonds is 30. The molecule has 0 unspecified atom stereocenters. The lowest BCUT2D eigenvalue weighted by Crippen LogP contribution is -2.36. The lowest BCUT2D eigenvalue weighted by atomic mass is 10.2. The Labute approximate surface area is 405 Å². The van der Waals surface area contributed by atoms with E-state index in [4.69, 9.17) is 27.1 Å². The molecule has 396 valence electrons. The van der Waals surface area contributed by atoms with E-state index in [9.17, 15) is 105 Å². The molecule has 0 aromatic heterocycles. The standard InChI is InChI=1S/C24H24Br6F24N3O6P3/c25-19(43,44)13(31,32)1-7-58-64(59-8-2-14(33,34)20(26,45)46)55-65(60-9-3-15(35,36)21(27,47)48,61-10-4-16(37,38)22(28,49)50)57-66(56-64,62-11-5-17(39,40)23(29,51)52)63-12-6-18(41,42)24(30,53)54/h1-12H2. The molecule has 0 bridgehead atoms. The Kier molecular flexibility index (Phi) is 22.5. The summed E-state index contributed by atoms with van der Waals surface area (Å²) in [6, 6.07) is 0. The monoisotopic (exact) mass is 1470 g/mol. The van der Waals surface area contributed by atoms with Gasteiger partial charge in [-0.1, -0.05) is 0 Å². The first-order chi connectivity index (χ1) is 28.9. The van der Waals surface area contributed by atoms with E-state index in [1.807, 2.05) is 0 Å². The van der Waals surface area contributed by atoms with Gasteiger partial charge in [0.1, 0.15) is 0 Å². The van der Waals surface area contributed by atoms with Gasteiger partial charge in [-0.05, 0) is 95.6 Å². The highest BCUT2D eigenvalue weighted by Gasteiger charge is 2.59. The van der Waals surface area contributed by atoms with E-state index in [0.29, 0.717) is 0 Å². The second-order valence-electron chi connectivity index (χ2n) is 12.5. The summed E-state index contributed by atoms with van der Waals surface area (Å²) in [7, 11) is -18.5. The molecule has 66 heavy (non-hydrogen) atoms. The van der Waals surface area contributed by atoms with Gasteiger partial charge >= 0.3 is 87.5 Å². The van der Waals surface area contributed by atoms with Crippen LogP contribution in [0.1, 0.15) is 38.5 Å². The molecule has 0 atom stereocenters. The van der Waals surface area contributed by atoms with Crippen LogP contribution >= 0.6 is 119 Å². The highest BCUT2D eigenvalue weighted by atomic mass is 79.9. The highest BCUT2D eigenvalue weighted by molar-refractivity contribution is 9.10. The van der Waals surface area contributed by atoms with Gasteiger partial charge in [-0.25, -0.2) is 0 Å². The van der Waals surface area contributed by atoms with E-state index in [2.05, 4.69) is 13.5 Å². The molecular formula is C24H24Br6F24N3O6P3. The van der Waals surface area contributed by atoms with Crippen molar-refractivity contribution in [1.29, 1.82) is 0 Å². The first-order valence-electron chi connectivity index (χ1n) is 16.3. The summed E-state index contributed by atoms with van der Waals surface area (Å²) in [6.07, 6.45) is -14.3. The molecule has 1 rings (SSSR count). The molecule has 1 aliphatic rings. The Morgan fingerprint density at radius 1 is 0.242 bits per heavy atom. The van der Waals surface area contributed by atoms with E-state index in [0.717, 1.165) is 0 Å². The number of hydrogen-bond acceptors (Lipinski definition) is 9. The Hall–Kier alpha value is 1.65. The van der Waals surface area contributed by atoms with Crippen molar-refractivity contribution < 1.29 is 133 Å². The van der Waals surface area contributed by atoms with Crippen molar-refractivity contribution in [3.8, 4) is 0 Å². The molecule has 0 amide bonds. The smallest absolute Gasteiger partial charge is 0.306 e. The van der Waals surface area contributed by atoms with Crippen LogP contribution in [0.3, 0.4) is 0 Å². The molecule has 1 heterocycles. The first-order valence-corrected chi connectivity index (χ1v) is 25.7. The van der Waals surface area contributed by atoms with Crippen molar-refractivity contribution in [3.63, 3.8) is 0 Å². The normalized spacial score (nSPS) is 18.5. The first kappa shape index (κ1) is 65.7. The number of alkyl halides is 30. The number of hydrogen-bond donors (Lipinski definition) is 0. The van der Waals surface area contributed by atoms with Crippen LogP contribution in [0.5, 0.6) is 0 Å². The molecule has 9 nitrogen and oxygen atoms in total. The maximum Gasteiger partial charge on any atom is 0.363 e. The largest absolute Gasteiger partial charge is 0.363 e. The SMILES string of the molecule is FC(F)(Br)C(F)(F)CCOP1(OCCC(F)(F)C(F)(F)Br)=NP(OCCC(F)(F)C(F)(F)Br)(OCCC(F)(F)C(F)(F)Br)=NP(OCCC(F)(F)C(F)(F)Br)(OCCC(F)(F)C(F)(F)Br)=N1. The molecule has 0 spiro atoms. The Morgan fingerprint density at radius 3 is 0.439 bits per heavy atom. The van der Waals surface area contributed by atoms with Crippen LogP contribution in [-0.4, -0.2) is 104 Å². The summed E-state index contributed by atoms with van der Waals surface area (Å²) in [5.41, 5.74) is 0. The van der Waals surface area contributed by atoms with Crippen molar-refractivity contribution >= 4 is 119 Å². The molecule has 0 N–H and O–H groups in total. The van der Waals surface area contributed by atoms with Gasteiger partial charge in [-0.15, -0.1) is 13.5 Å². The molecule has 0 fully saturated rings. The zero-order valence-corrected chi connectivity index (χ0v) is 43.2. The fourth-order valence-electron chi connectivity index (χ4n) is 3.51.